The van der Waals surface area contributed by atoms with Gasteiger partial charge in [0.25, 0.3) is 0 Å². The van der Waals surface area contributed by atoms with Gasteiger partial charge in [0.15, 0.2) is 0 Å². The lowest BCUT2D eigenvalue weighted by molar-refractivity contribution is -0.116. The van der Waals surface area contributed by atoms with Crippen molar-refractivity contribution in [2.24, 2.45) is 0 Å². The van der Waals surface area contributed by atoms with Gasteiger partial charge in [-0.3, -0.25) is 4.79 Å². The average molecular weight is 454 g/mol. The zero-order valence-electron chi connectivity index (χ0n) is 16.6. The molecule has 2 aromatic heterocycles. The number of aryl methyl sites for hydroxylation is 1. The first-order chi connectivity index (χ1) is 15.2. The van der Waals surface area contributed by atoms with Crippen LogP contribution in [0.3, 0.4) is 0 Å². The molecule has 158 valence electrons. The van der Waals surface area contributed by atoms with Gasteiger partial charge in [-0.25, -0.2) is 4.39 Å². The Morgan fingerprint density at radius 1 is 1.13 bits per heavy atom. The van der Waals surface area contributed by atoms with Crippen LogP contribution in [0.25, 0.3) is 11.4 Å². The van der Waals surface area contributed by atoms with Gasteiger partial charge in [0.05, 0.1) is 5.69 Å². The molecule has 2 aromatic carbocycles. The normalized spacial score (nSPS) is 10.9. The minimum atomic E-state index is -0.315. The average Bonchev–Trinajstić information content (AvgIpc) is 3.46. The van der Waals surface area contributed by atoms with Crippen LogP contribution >= 0.6 is 23.1 Å². The van der Waals surface area contributed by atoms with E-state index >= 15 is 0 Å². The van der Waals surface area contributed by atoms with Gasteiger partial charge < -0.3 is 9.84 Å². The highest BCUT2D eigenvalue weighted by Crippen LogP contribution is 2.30. The van der Waals surface area contributed by atoms with Crippen molar-refractivity contribution in [2.75, 3.05) is 5.32 Å². The number of carbonyl (C=O) groups excluding carboxylic acids is 1. The third-order valence-electron chi connectivity index (χ3n) is 4.50. The fraction of sp³-hybridized carbons (Fsp3) is 0.174. The third kappa shape index (κ3) is 6.02. The van der Waals surface area contributed by atoms with Crippen molar-refractivity contribution in [3.05, 3.63) is 82.6 Å². The number of para-hydroxylation sites is 1. The Labute approximate surface area is 187 Å². The predicted octanol–water partition coefficient (Wildman–Crippen LogP) is 6.19. The first kappa shape index (κ1) is 21.3. The van der Waals surface area contributed by atoms with Crippen LogP contribution in [0.2, 0.25) is 0 Å². The highest BCUT2D eigenvalue weighted by Gasteiger charge is 2.11. The predicted molar refractivity (Wildman–Crippen MR) is 122 cm³/mol. The molecule has 0 saturated heterocycles. The Hall–Kier alpha value is -2.97. The number of hydrogen-bond donors (Lipinski definition) is 1. The summed E-state index contributed by atoms with van der Waals surface area (Å²) in [6, 6.07) is 15.8. The Kier molecular flexibility index (Phi) is 7.11. The van der Waals surface area contributed by atoms with Crippen molar-refractivity contribution in [3.63, 3.8) is 0 Å². The van der Waals surface area contributed by atoms with Gasteiger partial charge in [-0.05, 0) is 65.2 Å². The zero-order chi connectivity index (χ0) is 21.5. The van der Waals surface area contributed by atoms with Crippen LogP contribution in [0.15, 0.2) is 74.8 Å². The maximum Gasteiger partial charge on any atom is 0.226 e. The molecular formula is C23H20FN3O2S2. The number of thioether (sulfide) groups is 1. The molecule has 0 bridgehead atoms. The van der Waals surface area contributed by atoms with Crippen molar-refractivity contribution in [2.45, 2.75) is 29.9 Å². The minimum absolute atomic E-state index is 0.0538. The summed E-state index contributed by atoms with van der Waals surface area (Å²) in [5.74, 6) is 1.37. The summed E-state index contributed by atoms with van der Waals surface area (Å²) in [6.07, 6.45) is 1.43. The molecule has 4 rings (SSSR count). The van der Waals surface area contributed by atoms with E-state index in [9.17, 15) is 9.18 Å². The first-order valence-electron chi connectivity index (χ1n) is 9.78. The molecule has 8 heteroatoms. The number of aromatic nitrogens is 2. The lowest BCUT2D eigenvalue weighted by Gasteiger charge is -2.10. The number of nitrogens with one attached hydrogen (secondary N) is 1. The smallest absolute Gasteiger partial charge is 0.226 e. The lowest BCUT2D eigenvalue weighted by atomic mass is 10.2. The molecule has 0 atom stereocenters. The van der Waals surface area contributed by atoms with Crippen molar-refractivity contribution in [1.82, 2.24) is 10.1 Å². The molecule has 5 nitrogen and oxygen atoms in total. The molecule has 0 aliphatic carbocycles. The van der Waals surface area contributed by atoms with Gasteiger partial charge in [0.2, 0.25) is 17.6 Å². The van der Waals surface area contributed by atoms with Crippen molar-refractivity contribution >= 4 is 34.7 Å². The second-order valence-electron chi connectivity index (χ2n) is 6.84. The van der Waals surface area contributed by atoms with Crippen LogP contribution in [0, 0.1) is 5.82 Å². The van der Waals surface area contributed by atoms with Gasteiger partial charge in [-0.2, -0.15) is 16.3 Å². The fourth-order valence-corrected chi connectivity index (χ4v) is 4.64. The number of hydrogen-bond acceptors (Lipinski definition) is 6. The van der Waals surface area contributed by atoms with Gasteiger partial charge in [0, 0.05) is 29.1 Å². The number of amides is 1. The second-order valence-corrected chi connectivity index (χ2v) is 8.63. The second kappa shape index (κ2) is 10.4. The minimum Gasteiger partial charge on any atom is -0.339 e. The Morgan fingerprint density at radius 3 is 2.77 bits per heavy atom. The summed E-state index contributed by atoms with van der Waals surface area (Å²) >= 11 is 3.39. The van der Waals surface area contributed by atoms with E-state index in [1.807, 2.05) is 24.3 Å². The van der Waals surface area contributed by atoms with Crippen LogP contribution in [-0.2, 0) is 17.0 Å². The number of benzene rings is 2. The molecule has 0 aliphatic rings. The topological polar surface area (TPSA) is 68.0 Å². The molecule has 1 N–H and O–H groups in total. The summed E-state index contributed by atoms with van der Waals surface area (Å²) in [4.78, 5) is 17.8. The number of nitrogens with zero attached hydrogens (tertiary/aromatic N) is 2. The highest BCUT2D eigenvalue weighted by molar-refractivity contribution is 7.98. The summed E-state index contributed by atoms with van der Waals surface area (Å²) in [5, 5.41) is 11.1. The first-order valence-corrected chi connectivity index (χ1v) is 11.7. The third-order valence-corrected chi connectivity index (χ3v) is 6.38. The van der Waals surface area contributed by atoms with E-state index in [2.05, 4.69) is 32.3 Å². The van der Waals surface area contributed by atoms with E-state index in [-0.39, 0.29) is 11.7 Å². The maximum absolute atomic E-state index is 13.0. The quantitative estimate of drug-likeness (QED) is 0.306. The number of halogens is 1. The van der Waals surface area contributed by atoms with Crippen molar-refractivity contribution in [3.8, 4) is 11.4 Å². The van der Waals surface area contributed by atoms with Crippen LogP contribution < -0.4 is 5.32 Å². The molecule has 0 saturated carbocycles. The molecule has 4 aromatic rings. The molecule has 0 radical (unpaired) electrons. The Bertz CT molecular complexity index is 1130. The molecule has 1 amide bonds. The largest absolute Gasteiger partial charge is 0.339 e. The Balaban J connectivity index is 1.27. The van der Waals surface area contributed by atoms with Crippen molar-refractivity contribution in [1.29, 1.82) is 0 Å². The number of anilines is 1. The van der Waals surface area contributed by atoms with Crippen LogP contribution in [0.1, 0.15) is 24.3 Å². The summed E-state index contributed by atoms with van der Waals surface area (Å²) in [5.41, 5.74) is 2.78. The van der Waals surface area contributed by atoms with Gasteiger partial charge in [-0.1, -0.05) is 17.3 Å². The number of thiophene rings is 1. The standard InChI is InChI=1S/C23H20FN3O2S2/c24-18-10-8-17(9-11-18)23-26-22(29-27-23)7-3-6-21(28)25-19-4-1-2-5-20(19)31-15-16-12-13-30-14-16/h1-2,4-5,8-14H,3,6-7,15H2,(H,25,28). The van der Waals surface area contributed by atoms with E-state index in [0.29, 0.717) is 36.5 Å². The van der Waals surface area contributed by atoms with Gasteiger partial charge in [0.1, 0.15) is 5.82 Å². The van der Waals surface area contributed by atoms with Crippen molar-refractivity contribution < 1.29 is 13.7 Å². The summed E-state index contributed by atoms with van der Waals surface area (Å²) in [6.45, 7) is 0. The fourth-order valence-electron chi connectivity index (χ4n) is 2.92. The monoisotopic (exact) mass is 453 g/mol. The molecule has 2 heterocycles. The highest BCUT2D eigenvalue weighted by atomic mass is 32.2. The number of rotatable bonds is 9. The molecule has 0 fully saturated rings. The van der Waals surface area contributed by atoms with E-state index in [1.54, 1.807) is 35.2 Å². The summed E-state index contributed by atoms with van der Waals surface area (Å²) in [7, 11) is 0. The maximum atomic E-state index is 13.0. The molecule has 0 spiro atoms. The molecule has 31 heavy (non-hydrogen) atoms. The van der Waals surface area contributed by atoms with Crippen LogP contribution in [0.4, 0.5) is 10.1 Å². The zero-order valence-corrected chi connectivity index (χ0v) is 18.2. The Morgan fingerprint density at radius 2 is 1.97 bits per heavy atom. The van der Waals surface area contributed by atoms with Crippen LogP contribution in [-0.4, -0.2) is 16.0 Å². The van der Waals surface area contributed by atoms with E-state index in [4.69, 9.17) is 4.52 Å². The van der Waals surface area contributed by atoms with Crippen LogP contribution in [0.5, 0.6) is 0 Å². The number of carbonyl (C=O) groups is 1. The van der Waals surface area contributed by atoms with Gasteiger partial charge in [-0.15, -0.1) is 11.8 Å². The lowest BCUT2D eigenvalue weighted by Crippen LogP contribution is -2.12. The molecular weight excluding hydrogens is 433 g/mol. The SMILES string of the molecule is O=C(CCCc1nc(-c2ccc(F)cc2)no1)Nc1ccccc1SCc1ccsc1. The molecule has 0 unspecified atom stereocenters. The van der Waals surface area contributed by atoms with E-state index in [1.165, 1.54) is 17.7 Å². The summed E-state index contributed by atoms with van der Waals surface area (Å²) < 4.78 is 18.3. The van der Waals surface area contributed by atoms with E-state index < -0.39 is 0 Å². The molecule has 0 aliphatic heterocycles. The van der Waals surface area contributed by atoms with E-state index in [0.717, 1.165) is 16.3 Å². The van der Waals surface area contributed by atoms with Gasteiger partial charge >= 0.3 is 0 Å².